The number of piperidine rings is 1. The fraction of sp³-hybridized carbons (Fsp3) is 0.486. The molecule has 1 fully saturated rings. The van der Waals surface area contributed by atoms with Gasteiger partial charge in [-0.15, -0.1) is 0 Å². The van der Waals surface area contributed by atoms with E-state index in [1.165, 1.54) is 12.1 Å². The standard InChI is InChI=1S/C35H44ClFN2O5/c1-8-42-33(40)30(44-34(2,3)4)28-29(39-20-18-35(5,6)19-21-39)27(32(41-7)38-31(28)36)24-11-15-26(16-12-24)43-22-17-23-9-13-25(37)14-10-23/h9-16,30H,8,17-22H2,1-7H3/t30-/m0/s1. The molecule has 0 spiro atoms. The number of hydrogen-bond donors (Lipinski definition) is 0. The van der Waals surface area contributed by atoms with Crippen molar-refractivity contribution in [2.45, 2.75) is 72.5 Å². The first-order valence-corrected chi connectivity index (χ1v) is 15.5. The molecule has 7 nitrogen and oxygen atoms in total. The number of methoxy groups -OCH3 is 1. The molecule has 1 atom stereocenters. The van der Waals surface area contributed by atoms with Crippen molar-refractivity contribution < 1.29 is 28.1 Å². The average Bonchev–Trinajstić information content (AvgIpc) is 2.97. The topological polar surface area (TPSA) is 70.1 Å². The zero-order valence-corrected chi connectivity index (χ0v) is 27.6. The molecular formula is C35H44ClFN2O5. The van der Waals surface area contributed by atoms with Gasteiger partial charge in [-0.1, -0.05) is 49.7 Å². The van der Waals surface area contributed by atoms with Crippen molar-refractivity contribution in [2.75, 3.05) is 38.3 Å². The number of nitrogens with zero attached hydrogens (tertiary/aromatic N) is 2. The number of esters is 1. The Morgan fingerprint density at radius 1 is 1.07 bits per heavy atom. The van der Waals surface area contributed by atoms with E-state index in [4.69, 9.17) is 30.5 Å². The number of carbonyl (C=O) groups is 1. The van der Waals surface area contributed by atoms with Crippen molar-refractivity contribution in [2.24, 2.45) is 5.41 Å². The molecule has 4 rings (SSSR count). The lowest BCUT2D eigenvalue weighted by Gasteiger charge is -2.41. The summed E-state index contributed by atoms with van der Waals surface area (Å²) in [5.41, 5.74) is 3.28. The Bertz CT molecular complexity index is 1410. The quantitative estimate of drug-likeness (QED) is 0.157. The molecule has 2 heterocycles. The van der Waals surface area contributed by atoms with Crippen LogP contribution in [0, 0.1) is 11.2 Å². The van der Waals surface area contributed by atoms with Crippen LogP contribution in [0.25, 0.3) is 11.1 Å². The lowest BCUT2D eigenvalue weighted by Crippen LogP contribution is -2.39. The van der Waals surface area contributed by atoms with Crippen molar-refractivity contribution in [1.82, 2.24) is 4.98 Å². The highest BCUT2D eigenvalue weighted by molar-refractivity contribution is 6.31. The molecule has 0 aliphatic carbocycles. The van der Waals surface area contributed by atoms with Crippen LogP contribution >= 0.6 is 11.6 Å². The molecule has 238 valence electrons. The van der Waals surface area contributed by atoms with Crippen LogP contribution in [-0.4, -0.2) is 50.0 Å². The van der Waals surface area contributed by atoms with E-state index in [2.05, 4.69) is 23.7 Å². The maximum Gasteiger partial charge on any atom is 0.340 e. The smallest absolute Gasteiger partial charge is 0.340 e. The Balaban J connectivity index is 1.78. The lowest BCUT2D eigenvalue weighted by molar-refractivity contribution is -0.166. The minimum atomic E-state index is -1.10. The van der Waals surface area contributed by atoms with Gasteiger partial charge < -0.3 is 23.8 Å². The fourth-order valence-electron chi connectivity index (χ4n) is 5.30. The normalized spacial score (nSPS) is 15.5. The van der Waals surface area contributed by atoms with Gasteiger partial charge >= 0.3 is 5.97 Å². The summed E-state index contributed by atoms with van der Waals surface area (Å²) in [6.07, 6.45) is 1.47. The van der Waals surface area contributed by atoms with Gasteiger partial charge in [0.1, 0.15) is 16.7 Å². The van der Waals surface area contributed by atoms with Gasteiger partial charge in [0.15, 0.2) is 6.10 Å². The molecule has 0 amide bonds. The SMILES string of the molecule is CCOC(=O)[C@@H](OC(C)(C)C)c1c(Cl)nc(OC)c(-c2ccc(OCCc3ccc(F)cc3)cc2)c1N1CCC(C)(C)CC1. The maximum atomic E-state index is 13.5. The molecule has 0 bridgehead atoms. The second-order valence-corrected chi connectivity index (χ2v) is 13.2. The van der Waals surface area contributed by atoms with E-state index >= 15 is 0 Å². The van der Waals surface area contributed by atoms with E-state index < -0.39 is 17.7 Å². The molecular weight excluding hydrogens is 583 g/mol. The molecule has 1 saturated heterocycles. The minimum Gasteiger partial charge on any atom is -0.493 e. The molecule has 0 radical (unpaired) electrons. The number of ether oxygens (including phenoxy) is 4. The van der Waals surface area contributed by atoms with E-state index in [-0.39, 0.29) is 23.0 Å². The van der Waals surface area contributed by atoms with Crippen LogP contribution < -0.4 is 14.4 Å². The van der Waals surface area contributed by atoms with Crippen LogP contribution in [0.4, 0.5) is 10.1 Å². The molecule has 0 unspecified atom stereocenters. The van der Waals surface area contributed by atoms with E-state index in [0.29, 0.717) is 30.2 Å². The monoisotopic (exact) mass is 626 g/mol. The highest BCUT2D eigenvalue weighted by Crippen LogP contribution is 2.48. The molecule has 44 heavy (non-hydrogen) atoms. The van der Waals surface area contributed by atoms with Crippen molar-refractivity contribution in [3.8, 4) is 22.8 Å². The van der Waals surface area contributed by atoms with Gasteiger partial charge in [0, 0.05) is 19.5 Å². The summed E-state index contributed by atoms with van der Waals surface area (Å²) in [6, 6.07) is 14.1. The number of hydrogen-bond acceptors (Lipinski definition) is 7. The van der Waals surface area contributed by atoms with Crippen LogP contribution in [-0.2, 0) is 20.7 Å². The first-order chi connectivity index (χ1) is 20.8. The Kier molecular flexibility index (Phi) is 10.8. The second-order valence-electron chi connectivity index (χ2n) is 12.8. The van der Waals surface area contributed by atoms with Gasteiger partial charge in [-0.2, -0.15) is 0 Å². The third-order valence-electron chi connectivity index (χ3n) is 7.70. The molecule has 9 heteroatoms. The predicted octanol–water partition coefficient (Wildman–Crippen LogP) is 8.22. The highest BCUT2D eigenvalue weighted by Gasteiger charge is 2.38. The molecule has 1 aliphatic heterocycles. The van der Waals surface area contributed by atoms with Gasteiger partial charge in [0.25, 0.3) is 0 Å². The van der Waals surface area contributed by atoms with Gasteiger partial charge in [-0.25, -0.2) is 14.2 Å². The second kappa shape index (κ2) is 14.2. The van der Waals surface area contributed by atoms with E-state index in [1.54, 1.807) is 26.2 Å². The van der Waals surface area contributed by atoms with Crippen molar-refractivity contribution in [1.29, 1.82) is 0 Å². The molecule has 1 aromatic heterocycles. The number of anilines is 1. The van der Waals surface area contributed by atoms with Crippen LogP contribution in [0.3, 0.4) is 0 Å². The number of aromatic nitrogens is 1. The molecule has 1 aliphatic rings. The zero-order chi connectivity index (χ0) is 32.1. The number of pyridine rings is 1. The number of benzene rings is 2. The maximum absolute atomic E-state index is 13.5. The largest absolute Gasteiger partial charge is 0.493 e. The molecule has 3 aromatic rings. The van der Waals surface area contributed by atoms with Gasteiger partial charge in [-0.3, -0.25) is 0 Å². The minimum absolute atomic E-state index is 0.133. The van der Waals surface area contributed by atoms with Crippen LogP contribution in [0.5, 0.6) is 11.6 Å². The average molecular weight is 627 g/mol. The van der Waals surface area contributed by atoms with Crippen molar-refractivity contribution in [3.05, 3.63) is 70.6 Å². The van der Waals surface area contributed by atoms with Gasteiger partial charge in [0.2, 0.25) is 5.88 Å². The summed E-state index contributed by atoms with van der Waals surface area (Å²) in [5, 5.41) is 0.133. The number of rotatable bonds is 11. The van der Waals surface area contributed by atoms with E-state index in [1.807, 2.05) is 45.0 Å². The zero-order valence-electron chi connectivity index (χ0n) is 26.8. The van der Waals surface area contributed by atoms with Crippen LogP contribution in [0.15, 0.2) is 48.5 Å². The summed E-state index contributed by atoms with van der Waals surface area (Å²) >= 11 is 6.91. The summed E-state index contributed by atoms with van der Waals surface area (Å²) < 4.78 is 36.9. The Hall–Kier alpha value is -3.36. The molecule has 0 N–H and O–H groups in total. The Labute approximate surface area is 265 Å². The van der Waals surface area contributed by atoms with Crippen LogP contribution in [0.2, 0.25) is 5.15 Å². The summed E-state index contributed by atoms with van der Waals surface area (Å²) in [7, 11) is 1.56. The first kappa shape index (κ1) is 33.5. The Morgan fingerprint density at radius 3 is 2.27 bits per heavy atom. The third-order valence-corrected chi connectivity index (χ3v) is 7.99. The number of carbonyl (C=O) groups excluding carboxylic acids is 1. The predicted molar refractivity (Wildman–Crippen MR) is 172 cm³/mol. The van der Waals surface area contributed by atoms with Crippen LogP contribution in [0.1, 0.15) is 71.6 Å². The Morgan fingerprint density at radius 2 is 1.70 bits per heavy atom. The summed E-state index contributed by atoms with van der Waals surface area (Å²) in [4.78, 5) is 20.3. The van der Waals surface area contributed by atoms with Gasteiger partial charge in [-0.05, 0) is 81.3 Å². The van der Waals surface area contributed by atoms with E-state index in [0.717, 1.165) is 48.3 Å². The molecule has 0 saturated carbocycles. The third kappa shape index (κ3) is 8.42. The summed E-state index contributed by atoms with van der Waals surface area (Å²) in [5.74, 6) is 0.262. The first-order valence-electron chi connectivity index (χ1n) is 15.2. The van der Waals surface area contributed by atoms with Crippen molar-refractivity contribution in [3.63, 3.8) is 0 Å². The highest BCUT2D eigenvalue weighted by atomic mass is 35.5. The fourth-order valence-corrected chi connectivity index (χ4v) is 5.56. The van der Waals surface area contributed by atoms with E-state index in [9.17, 15) is 9.18 Å². The van der Waals surface area contributed by atoms with Crippen molar-refractivity contribution >= 4 is 23.3 Å². The van der Waals surface area contributed by atoms with Gasteiger partial charge in [0.05, 0.1) is 42.7 Å². The molecule has 2 aromatic carbocycles. The summed E-state index contributed by atoms with van der Waals surface area (Å²) in [6.45, 7) is 14.1. The number of halogens is 2. The lowest BCUT2D eigenvalue weighted by atomic mass is 9.82.